The van der Waals surface area contributed by atoms with Gasteiger partial charge in [-0.05, 0) is 42.7 Å². The van der Waals surface area contributed by atoms with E-state index < -0.39 is 0 Å². The summed E-state index contributed by atoms with van der Waals surface area (Å²) in [7, 11) is 0. The molecule has 0 aliphatic carbocycles. The molecule has 1 fully saturated rings. The molecular formula is C18H19ClN2O3. The van der Waals surface area contributed by atoms with E-state index in [-0.39, 0.29) is 17.9 Å². The van der Waals surface area contributed by atoms with E-state index in [9.17, 15) is 9.59 Å². The van der Waals surface area contributed by atoms with Crippen LogP contribution in [-0.4, -0.2) is 35.8 Å². The van der Waals surface area contributed by atoms with Crippen LogP contribution in [0.4, 0.5) is 0 Å². The first-order valence-corrected chi connectivity index (χ1v) is 8.36. The molecule has 0 atom stereocenters. The van der Waals surface area contributed by atoms with Crippen molar-refractivity contribution >= 4 is 23.4 Å². The number of furan rings is 1. The van der Waals surface area contributed by atoms with Gasteiger partial charge in [-0.25, -0.2) is 0 Å². The number of likely N-dealkylation sites (tertiary alicyclic amines) is 1. The van der Waals surface area contributed by atoms with Crippen molar-refractivity contribution in [1.29, 1.82) is 0 Å². The smallest absolute Gasteiger partial charge is 0.289 e. The maximum absolute atomic E-state index is 12.2. The molecule has 5 nitrogen and oxygen atoms in total. The van der Waals surface area contributed by atoms with Crippen molar-refractivity contribution in [2.45, 2.75) is 25.3 Å². The van der Waals surface area contributed by atoms with Gasteiger partial charge in [0.05, 0.1) is 12.7 Å². The highest BCUT2D eigenvalue weighted by atomic mass is 35.5. The summed E-state index contributed by atoms with van der Waals surface area (Å²) in [5, 5.41) is 3.70. The summed E-state index contributed by atoms with van der Waals surface area (Å²) in [6.45, 7) is 1.23. The minimum atomic E-state index is -0.0917. The first-order chi connectivity index (χ1) is 11.6. The maximum Gasteiger partial charge on any atom is 0.289 e. The van der Waals surface area contributed by atoms with E-state index >= 15 is 0 Å². The van der Waals surface area contributed by atoms with Crippen LogP contribution in [0.5, 0.6) is 0 Å². The average Bonchev–Trinajstić information content (AvgIpc) is 3.11. The predicted molar refractivity (Wildman–Crippen MR) is 90.9 cm³/mol. The lowest BCUT2D eigenvalue weighted by Crippen LogP contribution is -2.46. The van der Waals surface area contributed by atoms with Crippen molar-refractivity contribution in [3.8, 4) is 0 Å². The average molecular weight is 347 g/mol. The molecule has 2 aromatic rings. The molecule has 0 bridgehead atoms. The summed E-state index contributed by atoms with van der Waals surface area (Å²) in [5.41, 5.74) is 0.933. The summed E-state index contributed by atoms with van der Waals surface area (Å²) < 4.78 is 5.14. The highest BCUT2D eigenvalue weighted by Gasteiger charge is 2.25. The Morgan fingerprint density at radius 1 is 1.17 bits per heavy atom. The molecule has 1 aromatic heterocycles. The molecule has 126 valence electrons. The number of halogens is 1. The van der Waals surface area contributed by atoms with Gasteiger partial charge in [-0.15, -0.1) is 0 Å². The van der Waals surface area contributed by atoms with Gasteiger partial charge >= 0.3 is 0 Å². The fraction of sp³-hybridized carbons (Fsp3) is 0.333. The number of amides is 2. The first-order valence-electron chi connectivity index (χ1n) is 7.98. The number of nitrogens with one attached hydrogen (secondary N) is 1. The predicted octanol–water partition coefficient (Wildman–Crippen LogP) is 2.90. The number of carbonyl (C=O) groups is 2. The molecule has 2 heterocycles. The van der Waals surface area contributed by atoms with Crippen LogP contribution in [0.2, 0.25) is 5.02 Å². The van der Waals surface area contributed by atoms with E-state index in [1.165, 1.54) is 6.26 Å². The molecule has 1 aromatic carbocycles. The Bertz CT molecular complexity index is 690. The molecule has 2 amide bonds. The Hall–Kier alpha value is -2.27. The highest BCUT2D eigenvalue weighted by Crippen LogP contribution is 2.15. The Kier molecular flexibility index (Phi) is 5.20. The molecule has 0 spiro atoms. The van der Waals surface area contributed by atoms with Gasteiger partial charge in [-0.3, -0.25) is 9.59 Å². The number of rotatable bonds is 4. The largest absolute Gasteiger partial charge is 0.459 e. The number of hydrogen-bond acceptors (Lipinski definition) is 3. The van der Waals surface area contributed by atoms with E-state index in [4.69, 9.17) is 16.0 Å². The molecule has 0 unspecified atom stereocenters. The van der Waals surface area contributed by atoms with Gasteiger partial charge in [0, 0.05) is 24.2 Å². The van der Waals surface area contributed by atoms with Gasteiger partial charge < -0.3 is 14.6 Å². The van der Waals surface area contributed by atoms with Crippen molar-refractivity contribution in [3.05, 3.63) is 59.0 Å². The lowest BCUT2D eigenvalue weighted by molar-refractivity contribution is -0.121. The number of carbonyl (C=O) groups excluding carboxylic acids is 2. The van der Waals surface area contributed by atoms with Gasteiger partial charge in [-0.2, -0.15) is 0 Å². The molecule has 0 radical (unpaired) electrons. The molecule has 1 N–H and O–H groups in total. The van der Waals surface area contributed by atoms with Crippen LogP contribution >= 0.6 is 11.6 Å². The Morgan fingerprint density at radius 3 is 2.50 bits per heavy atom. The van der Waals surface area contributed by atoms with Gasteiger partial charge in [0.25, 0.3) is 5.91 Å². The topological polar surface area (TPSA) is 62.6 Å². The van der Waals surface area contributed by atoms with Crippen LogP contribution in [0.1, 0.15) is 29.0 Å². The van der Waals surface area contributed by atoms with Gasteiger partial charge in [0.1, 0.15) is 0 Å². The summed E-state index contributed by atoms with van der Waals surface area (Å²) in [6, 6.07) is 10.7. The van der Waals surface area contributed by atoms with Crippen LogP contribution < -0.4 is 5.32 Å². The van der Waals surface area contributed by atoms with E-state index in [0.29, 0.717) is 30.3 Å². The zero-order valence-corrected chi connectivity index (χ0v) is 14.0. The molecule has 1 aliphatic rings. The number of piperidine rings is 1. The third kappa shape index (κ3) is 4.17. The zero-order valence-electron chi connectivity index (χ0n) is 13.2. The fourth-order valence-corrected chi connectivity index (χ4v) is 2.98. The monoisotopic (exact) mass is 346 g/mol. The SMILES string of the molecule is O=C(Cc1ccc(Cl)cc1)NC1CCN(C(=O)c2ccco2)CC1. The first kappa shape index (κ1) is 16.6. The molecule has 1 aliphatic heterocycles. The van der Waals surface area contributed by atoms with Crippen LogP contribution in [-0.2, 0) is 11.2 Å². The fourth-order valence-electron chi connectivity index (χ4n) is 2.85. The number of hydrogen-bond donors (Lipinski definition) is 1. The Balaban J connectivity index is 1.46. The number of benzene rings is 1. The van der Waals surface area contributed by atoms with E-state index in [1.807, 2.05) is 12.1 Å². The molecule has 24 heavy (non-hydrogen) atoms. The van der Waals surface area contributed by atoms with Crippen LogP contribution in [0, 0.1) is 0 Å². The third-order valence-corrected chi connectivity index (χ3v) is 4.41. The lowest BCUT2D eigenvalue weighted by atomic mass is 10.0. The van der Waals surface area contributed by atoms with Gasteiger partial charge in [-0.1, -0.05) is 23.7 Å². The highest BCUT2D eigenvalue weighted by molar-refractivity contribution is 6.30. The molecule has 3 rings (SSSR count). The standard InChI is InChI=1S/C18H19ClN2O3/c19-14-5-3-13(4-6-14)12-17(22)20-15-7-9-21(10-8-15)18(23)16-2-1-11-24-16/h1-6,11,15H,7-10,12H2,(H,20,22). The van der Waals surface area contributed by atoms with Crippen LogP contribution in [0.3, 0.4) is 0 Å². The van der Waals surface area contributed by atoms with E-state index in [0.717, 1.165) is 18.4 Å². The number of nitrogens with zero attached hydrogens (tertiary/aromatic N) is 1. The van der Waals surface area contributed by atoms with E-state index in [1.54, 1.807) is 29.2 Å². The van der Waals surface area contributed by atoms with Gasteiger partial charge in [0.15, 0.2) is 5.76 Å². The summed E-state index contributed by atoms with van der Waals surface area (Å²) in [6.07, 6.45) is 3.33. The Labute approximate surface area is 145 Å². The summed E-state index contributed by atoms with van der Waals surface area (Å²) in [5.74, 6) is 0.263. The Morgan fingerprint density at radius 2 is 1.88 bits per heavy atom. The van der Waals surface area contributed by atoms with Crippen molar-refractivity contribution in [2.75, 3.05) is 13.1 Å². The normalized spacial score (nSPS) is 15.3. The summed E-state index contributed by atoms with van der Waals surface area (Å²) in [4.78, 5) is 26.1. The van der Waals surface area contributed by atoms with Crippen molar-refractivity contribution in [1.82, 2.24) is 10.2 Å². The van der Waals surface area contributed by atoms with Crippen molar-refractivity contribution in [2.24, 2.45) is 0 Å². The van der Waals surface area contributed by atoms with E-state index in [2.05, 4.69) is 5.32 Å². The second-order valence-corrected chi connectivity index (χ2v) is 6.35. The third-order valence-electron chi connectivity index (χ3n) is 4.16. The van der Waals surface area contributed by atoms with Crippen molar-refractivity contribution in [3.63, 3.8) is 0 Å². The minimum absolute atomic E-state index is 0.00636. The molecular weight excluding hydrogens is 328 g/mol. The molecule has 1 saturated heterocycles. The second kappa shape index (κ2) is 7.53. The van der Waals surface area contributed by atoms with Crippen LogP contribution in [0.25, 0.3) is 0 Å². The quantitative estimate of drug-likeness (QED) is 0.925. The molecule has 0 saturated carbocycles. The van der Waals surface area contributed by atoms with Crippen LogP contribution in [0.15, 0.2) is 47.1 Å². The molecule has 6 heteroatoms. The van der Waals surface area contributed by atoms with Crippen molar-refractivity contribution < 1.29 is 14.0 Å². The van der Waals surface area contributed by atoms with Gasteiger partial charge in [0.2, 0.25) is 5.91 Å². The second-order valence-electron chi connectivity index (χ2n) is 5.91. The lowest BCUT2D eigenvalue weighted by Gasteiger charge is -2.31. The summed E-state index contributed by atoms with van der Waals surface area (Å²) >= 11 is 5.84. The minimum Gasteiger partial charge on any atom is -0.459 e. The zero-order chi connectivity index (χ0) is 16.9. The maximum atomic E-state index is 12.2.